The molecule has 0 amide bonds. The van der Waals surface area contributed by atoms with Gasteiger partial charge in [-0.15, -0.1) is 0 Å². The third-order valence-corrected chi connectivity index (χ3v) is 5.52. The van der Waals surface area contributed by atoms with E-state index in [0.29, 0.717) is 17.3 Å². The summed E-state index contributed by atoms with van der Waals surface area (Å²) in [7, 11) is -3.73. The van der Waals surface area contributed by atoms with Gasteiger partial charge in [0.1, 0.15) is 0 Å². The second kappa shape index (κ2) is 5.71. The Morgan fingerprint density at radius 2 is 2.05 bits per heavy atom. The van der Waals surface area contributed by atoms with Crippen LogP contribution < -0.4 is 10.5 Å². The van der Waals surface area contributed by atoms with Crippen LogP contribution in [0.2, 0.25) is 0 Å². The number of amidine groups is 1. The van der Waals surface area contributed by atoms with Gasteiger partial charge in [-0.05, 0) is 31.0 Å². The van der Waals surface area contributed by atoms with Crippen LogP contribution >= 0.6 is 15.9 Å². The van der Waals surface area contributed by atoms with E-state index in [1.807, 2.05) is 0 Å². The summed E-state index contributed by atoms with van der Waals surface area (Å²) in [5, 5.41) is 11.9. The molecule has 0 radical (unpaired) electrons. The molecule has 1 aromatic rings. The molecule has 20 heavy (non-hydrogen) atoms. The Hall–Kier alpha value is -1.12. The summed E-state index contributed by atoms with van der Waals surface area (Å²) in [5.41, 5.74) is 4.70. The molecule has 0 saturated heterocycles. The van der Waals surface area contributed by atoms with E-state index in [1.54, 1.807) is 12.1 Å². The number of hydrogen-bond acceptors (Lipinski definition) is 4. The lowest BCUT2D eigenvalue weighted by molar-refractivity contribution is 0.309. The number of halogens is 1. The van der Waals surface area contributed by atoms with Crippen LogP contribution in [0, 0.1) is 0 Å². The average molecular weight is 362 g/mol. The zero-order valence-electron chi connectivity index (χ0n) is 10.7. The zero-order valence-corrected chi connectivity index (χ0v) is 13.1. The van der Waals surface area contributed by atoms with E-state index in [9.17, 15) is 8.42 Å². The van der Waals surface area contributed by atoms with Crippen molar-refractivity contribution in [1.29, 1.82) is 0 Å². The van der Waals surface area contributed by atoms with Gasteiger partial charge in [0.05, 0.1) is 10.4 Å². The predicted octanol–water partition coefficient (Wildman–Crippen LogP) is 1.79. The topological polar surface area (TPSA) is 105 Å². The highest BCUT2D eigenvalue weighted by molar-refractivity contribution is 9.10. The maximum Gasteiger partial charge on any atom is 0.241 e. The van der Waals surface area contributed by atoms with E-state index < -0.39 is 15.6 Å². The van der Waals surface area contributed by atoms with Crippen LogP contribution in [0.25, 0.3) is 0 Å². The van der Waals surface area contributed by atoms with E-state index in [2.05, 4.69) is 25.8 Å². The minimum Gasteiger partial charge on any atom is -0.409 e. The molecule has 0 bridgehead atoms. The minimum absolute atomic E-state index is 0.0893. The fraction of sp³-hybridized carbons (Fsp3) is 0.417. The Kier molecular flexibility index (Phi) is 4.36. The Bertz CT molecular complexity index is 625. The highest BCUT2D eigenvalue weighted by Gasteiger charge is 2.42. The molecule has 1 aliphatic carbocycles. The van der Waals surface area contributed by atoms with Gasteiger partial charge in [-0.3, -0.25) is 0 Å². The first kappa shape index (κ1) is 15.3. The van der Waals surface area contributed by atoms with E-state index in [1.165, 1.54) is 12.1 Å². The van der Waals surface area contributed by atoms with Crippen molar-refractivity contribution in [2.45, 2.75) is 36.1 Å². The summed E-state index contributed by atoms with van der Waals surface area (Å²) >= 11 is 3.24. The van der Waals surface area contributed by atoms with Gasteiger partial charge < -0.3 is 10.9 Å². The standard InChI is InChI=1S/C12H16BrN3O3S/c13-9-4-3-5-10(8-9)20(18,19)16-12(11(14)15-17)6-1-2-7-12/h3-5,8,16-17H,1-2,6-7H2,(H2,14,15). The average Bonchev–Trinajstić information content (AvgIpc) is 2.87. The van der Waals surface area contributed by atoms with Gasteiger partial charge in [0.15, 0.2) is 5.84 Å². The lowest BCUT2D eigenvalue weighted by Gasteiger charge is -2.28. The van der Waals surface area contributed by atoms with E-state index in [4.69, 9.17) is 10.9 Å². The number of benzene rings is 1. The smallest absolute Gasteiger partial charge is 0.241 e. The Balaban J connectivity index is 2.36. The first-order chi connectivity index (χ1) is 9.39. The van der Waals surface area contributed by atoms with Crippen molar-refractivity contribution >= 4 is 31.8 Å². The Morgan fingerprint density at radius 1 is 1.40 bits per heavy atom. The van der Waals surface area contributed by atoms with Gasteiger partial charge >= 0.3 is 0 Å². The second-order valence-electron chi connectivity index (χ2n) is 4.84. The van der Waals surface area contributed by atoms with Crippen molar-refractivity contribution < 1.29 is 13.6 Å². The number of nitrogens with one attached hydrogen (secondary N) is 1. The minimum atomic E-state index is -3.73. The molecular formula is C12H16BrN3O3S. The molecule has 4 N–H and O–H groups in total. The number of nitrogens with zero attached hydrogens (tertiary/aromatic N) is 1. The largest absolute Gasteiger partial charge is 0.409 e. The van der Waals surface area contributed by atoms with Crippen LogP contribution in [-0.4, -0.2) is 25.0 Å². The molecule has 0 aromatic heterocycles. The molecule has 0 atom stereocenters. The molecule has 8 heteroatoms. The molecule has 0 aliphatic heterocycles. The molecule has 2 rings (SSSR count). The zero-order chi connectivity index (χ0) is 14.8. The molecule has 1 saturated carbocycles. The van der Waals surface area contributed by atoms with Crippen molar-refractivity contribution in [2.75, 3.05) is 0 Å². The predicted molar refractivity (Wildman–Crippen MR) is 79.1 cm³/mol. The monoisotopic (exact) mass is 361 g/mol. The van der Waals surface area contributed by atoms with Gasteiger partial charge in [0.25, 0.3) is 0 Å². The van der Waals surface area contributed by atoms with E-state index >= 15 is 0 Å². The number of nitrogens with two attached hydrogens (primary N) is 1. The maximum atomic E-state index is 12.4. The van der Waals surface area contributed by atoms with E-state index in [0.717, 1.165) is 12.8 Å². The summed E-state index contributed by atoms with van der Waals surface area (Å²) in [6, 6.07) is 6.40. The highest BCUT2D eigenvalue weighted by Crippen LogP contribution is 2.31. The first-order valence-electron chi connectivity index (χ1n) is 6.17. The van der Waals surface area contributed by atoms with Gasteiger partial charge in [-0.1, -0.05) is 40.0 Å². The lowest BCUT2D eigenvalue weighted by atomic mass is 9.98. The van der Waals surface area contributed by atoms with Crippen LogP contribution in [0.5, 0.6) is 0 Å². The molecule has 110 valence electrons. The first-order valence-corrected chi connectivity index (χ1v) is 8.45. The number of hydrogen-bond donors (Lipinski definition) is 3. The summed E-state index contributed by atoms with van der Waals surface area (Å²) < 4.78 is 28.2. The Labute approximate surface area is 126 Å². The Morgan fingerprint density at radius 3 is 2.60 bits per heavy atom. The van der Waals surface area contributed by atoms with Crippen LogP contribution in [-0.2, 0) is 10.0 Å². The molecule has 6 nitrogen and oxygen atoms in total. The number of sulfonamides is 1. The summed E-state index contributed by atoms with van der Waals surface area (Å²) in [4.78, 5) is 0.142. The third kappa shape index (κ3) is 2.97. The van der Waals surface area contributed by atoms with Crippen LogP contribution in [0.1, 0.15) is 25.7 Å². The molecule has 0 unspecified atom stereocenters. The van der Waals surface area contributed by atoms with Gasteiger partial charge in [0.2, 0.25) is 10.0 Å². The van der Waals surface area contributed by atoms with Crippen LogP contribution in [0.15, 0.2) is 38.8 Å². The molecule has 1 aromatic carbocycles. The number of oxime groups is 1. The van der Waals surface area contributed by atoms with Crippen LogP contribution in [0.4, 0.5) is 0 Å². The summed E-state index contributed by atoms with van der Waals surface area (Å²) in [6.45, 7) is 0. The highest BCUT2D eigenvalue weighted by atomic mass is 79.9. The van der Waals surface area contributed by atoms with Crippen molar-refractivity contribution in [1.82, 2.24) is 4.72 Å². The van der Waals surface area contributed by atoms with Gasteiger partial charge in [0, 0.05) is 4.47 Å². The van der Waals surface area contributed by atoms with Crippen molar-refractivity contribution in [3.63, 3.8) is 0 Å². The quantitative estimate of drug-likeness (QED) is 0.329. The normalized spacial score (nSPS) is 19.1. The molecular weight excluding hydrogens is 346 g/mol. The maximum absolute atomic E-state index is 12.4. The van der Waals surface area contributed by atoms with Crippen LogP contribution in [0.3, 0.4) is 0 Å². The number of rotatable bonds is 4. The molecule has 1 aliphatic rings. The van der Waals surface area contributed by atoms with E-state index in [-0.39, 0.29) is 10.7 Å². The SMILES string of the molecule is N/C(=N/O)C1(NS(=O)(=O)c2cccc(Br)c2)CCCC1. The van der Waals surface area contributed by atoms with Crippen molar-refractivity contribution in [3.05, 3.63) is 28.7 Å². The van der Waals surface area contributed by atoms with Gasteiger partial charge in [-0.25, -0.2) is 8.42 Å². The van der Waals surface area contributed by atoms with Crippen molar-refractivity contribution in [2.24, 2.45) is 10.9 Å². The fourth-order valence-electron chi connectivity index (χ4n) is 2.44. The van der Waals surface area contributed by atoms with Crippen molar-refractivity contribution in [3.8, 4) is 0 Å². The van der Waals surface area contributed by atoms with Gasteiger partial charge in [-0.2, -0.15) is 4.72 Å². The molecule has 0 spiro atoms. The summed E-state index contributed by atoms with van der Waals surface area (Å²) in [5.74, 6) is -0.0893. The lowest BCUT2D eigenvalue weighted by Crippen LogP contribution is -2.55. The second-order valence-corrected chi connectivity index (χ2v) is 7.44. The fourth-order valence-corrected chi connectivity index (χ4v) is 4.47. The third-order valence-electron chi connectivity index (χ3n) is 3.49. The molecule has 1 fully saturated rings. The molecule has 0 heterocycles. The summed E-state index contributed by atoms with van der Waals surface area (Å²) in [6.07, 6.45) is 2.71.